The molecule has 114 valence electrons. The third-order valence-electron chi connectivity index (χ3n) is 3.38. The van der Waals surface area contributed by atoms with Gasteiger partial charge in [-0.1, -0.05) is 6.42 Å². The van der Waals surface area contributed by atoms with E-state index >= 15 is 0 Å². The molecule has 2 rings (SSSR count). The number of nitrogens with zero attached hydrogens (tertiary/aromatic N) is 3. The fourth-order valence-electron chi connectivity index (χ4n) is 2.42. The van der Waals surface area contributed by atoms with Gasteiger partial charge in [0.2, 0.25) is 5.71 Å². The number of nitriles is 2. The molecule has 7 heteroatoms. The van der Waals surface area contributed by atoms with E-state index in [1.165, 1.54) is 11.3 Å². The van der Waals surface area contributed by atoms with Crippen LogP contribution in [0.3, 0.4) is 0 Å². The smallest absolute Gasteiger partial charge is 0.341 e. The summed E-state index contributed by atoms with van der Waals surface area (Å²) in [5.41, 5.74) is 3.94. The fraction of sp³-hybridized carbons (Fsp3) is 0.467. The predicted octanol–water partition coefficient (Wildman–Crippen LogP) is 3.01. The molecule has 1 aliphatic carbocycles. The second-order valence-corrected chi connectivity index (χ2v) is 5.89. The van der Waals surface area contributed by atoms with Crippen molar-refractivity contribution in [3.8, 4) is 12.1 Å². The lowest BCUT2D eigenvalue weighted by atomic mass is 10.1. The standard InChI is InChI=1S/C15H16N4O2S/c1-2-21-15(20)13-11-6-4-3-5-7-12(11)22-14(13)19-18-10(8-16)9-17/h19H,2-7H2,1H3. The number of aryl methyl sites for hydroxylation is 1. The van der Waals surface area contributed by atoms with E-state index in [0.717, 1.165) is 42.5 Å². The van der Waals surface area contributed by atoms with Gasteiger partial charge in [-0.2, -0.15) is 15.6 Å². The first-order valence-electron chi connectivity index (χ1n) is 7.16. The number of hydrazone groups is 1. The summed E-state index contributed by atoms with van der Waals surface area (Å²) in [6, 6.07) is 3.36. The summed E-state index contributed by atoms with van der Waals surface area (Å²) in [4.78, 5) is 13.4. The number of hydrogen-bond acceptors (Lipinski definition) is 7. The third kappa shape index (κ3) is 3.44. The van der Waals surface area contributed by atoms with Gasteiger partial charge in [-0.3, -0.25) is 5.43 Å². The number of nitrogens with one attached hydrogen (secondary N) is 1. The molecule has 1 aromatic rings. The highest BCUT2D eigenvalue weighted by atomic mass is 32.1. The maximum atomic E-state index is 12.3. The molecule has 0 atom stereocenters. The van der Waals surface area contributed by atoms with Crippen LogP contribution in [0, 0.1) is 22.7 Å². The van der Waals surface area contributed by atoms with Crippen molar-refractivity contribution < 1.29 is 9.53 Å². The zero-order chi connectivity index (χ0) is 15.9. The van der Waals surface area contributed by atoms with Gasteiger partial charge in [-0.25, -0.2) is 4.79 Å². The molecule has 0 amide bonds. The van der Waals surface area contributed by atoms with E-state index in [0.29, 0.717) is 17.2 Å². The average Bonchev–Trinajstić information content (AvgIpc) is 2.70. The highest BCUT2D eigenvalue weighted by Crippen LogP contribution is 2.38. The van der Waals surface area contributed by atoms with Crippen LogP contribution in [0.15, 0.2) is 5.10 Å². The number of rotatable bonds is 4. The number of fused-ring (bicyclic) bond motifs is 1. The van der Waals surface area contributed by atoms with Crippen LogP contribution in [0.25, 0.3) is 0 Å². The van der Waals surface area contributed by atoms with Gasteiger partial charge in [-0.05, 0) is 38.2 Å². The highest BCUT2D eigenvalue weighted by molar-refractivity contribution is 7.16. The Morgan fingerprint density at radius 2 is 2.05 bits per heavy atom. The Hall–Kier alpha value is -2.38. The molecule has 0 radical (unpaired) electrons. The van der Waals surface area contributed by atoms with Crippen LogP contribution in [-0.2, 0) is 17.6 Å². The van der Waals surface area contributed by atoms with E-state index in [1.807, 2.05) is 0 Å². The topological polar surface area (TPSA) is 98.3 Å². The van der Waals surface area contributed by atoms with Crippen LogP contribution in [-0.4, -0.2) is 18.3 Å². The lowest BCUT2D eigenvalue weighted by molar-refractivity contribution is 0.0526. The Balaban J connectivity index is 2.40. The highest BCUT2D eigenvalue weighted by Gasteiger charge is 2.25. The number of hydrogen-bond donors (Lipinski definition) is 1. The zero-order valence-electron chi connectivity index (χ0n) is 12.3. The Kier molecular flexibility index (Phi) is 5.51. The molecule has 1 aliphatic rings. The lowest BCUT2D eigenvalue weighted by Crippen LogP contribution is -2.09. The molecule has 1 heterocycles. The van der Waals surface area contributed by atoms with Crippen molar-refractivity contribution >= 4 is 28.0 Å². The monoisotopic (exact) mass is 316 g/mol. The molecule has 22 heavy (non-hydrogen) atoms. The van der Waals surface area contributed by atoms with Crippen molar-refractivity contribution in [1.29, 1.82) is 10.5 Å². The summed E-state index contributed by atoms with van der Waals surface area (Å²) in [7, 11) is 0. The summed E-state index contributed by atoms with van der Waals surface area (Å²) in [6.45, 7) is 2.06. The first-order chi connectivity index (χ1) is 10.7. The molecule has 0 aliphatic heterocycles. The molecular weight excluding hydrogens is 300 g/mol. The second kappa shape index (κ2) is 7.58. The van der Waals surface area contributed by atoms with Crippen LogP contribution in [0.1, 0.15) is 47.0 Å². The van der Waals surface area contributed by atoms with Crippen LogP contribution in [0.4, 0.5) is 5.00 Å². The summed E-state index contributed by atoms with van der Waals surface area (Å²) in [5, 5.41) is 21.8. The van der Waals surface area contributed by atoms with Crippen molar-refractivity contribution in [2.45, 2.75) is 39.0 Å². The number of ether oxygens (including phenoxy) is 1. The largest absolute Gasteiger partial charge is 0.462 e. The zero-order valence-corrected chi connectivity index (χ0v) is 13.1. The molecule has 0 saturated carbocycles. The van der Waals surface area contributed by atoms with Crippen LogP contribution in [0.2, 0.25) is 0 Å². The Morgan fingerprint density at radius 3 is 2.73 bits per heavy atom. The first kappa shape index (κ1) is 16.0. The SMILES string of the molecule is CCOC(=O)c1c(NN=C(C#N)C#N)sc2c1CCCCC2. The number of thiophene rings is 1. The second-order valence-electron chi connectivity index (χ2n) is 4.78. The van der Waals surface area contributed by atoms with E-state index < -0.39 is 0 Å². The minimum absolute atomic E-state index is 0.279. The fourth-order valence-corrected chi connectivity index (χ4v) is 3.64. The van der Waals surface area contributed by atoms with Crippen molar-refractivity contribution in [2.75, 3.05) is 12.0 Å². The maximum absolute atomic E-state index is 12.3. The molecular formula is C15H16N4O2S. The minimum atomic E-state index is -0.380. The average molecular weight is 316 g/mol. The summed E-state index contributed by atoms with van der Waals surface area (Å²) < 4.78 is 5.14. The number of carbonyl (C=O) groups excluding carboxylic acids is 1. The van der Waals surface area contributed by atoms with E-state index in [4.69, 9.17) is 15.3 Å². The molecule has 0 bridgehead atoms. The third-order valence-corrected chi connectivity index (χ3v) is 4.58. The van der Waals surface area contributed by atoms with Crippen molar-refractivity contribution in [3.63, 3.8) is 0 Å². The Bertz CT molecular complexity index is 663. The summed E-state index contributed by atoms with van der Waals surface area (Å²) in [5.74, 6) is -0.380. The molecule has 6 nitrogen and oxygen atoms in total. The van der Waals surface area contributed by atoms with Crippen molar-refractivity contribution in [2.24, 2.45) is 5.10 Å². The summed E-state index contributed by atoms with van der Waals surface area (Å²) in [6.07, 6.45) is 5.06. The number of esters is 1. The number of carbonyl (C=O) groups is 1. The summed E-state index contributed by atoms with van der Waals surface area (Å²) >= 11 is 1.45. The van der Waals surface area contributed by atoms with Gasteiger partial charge < -0.3 is 4.74 Å². The van der Waals surface area contributed by atoms with Gasteiger partial charge in [0, 0.05) is 4.88 Å². The quantitative estimate of drug-likeness (QED) is 0.398. The first-order valence-corrected chi connectivity index (χ1v) is 7.98. The molecule has 1 N–H and O–H groups in total. The van der Waals surface area contributed by atoms with Crippen LogP contribution >= 0.6 is 11.3 Å². The number of anilines is 1. The molecule has 0 aromatic carbocycles. The van der Waals surface area contributed by atoms with Gasteiger partial charge in [0.1, 0.15) is 17.1 Å². The molecule has 0 unspecified atom stereocenters. The van der Waals surface area contributed by atoms with Gasteiger partial charge in [0.05, 0.1) is 12.2 Å². The van der Waals surface area contributed by atoms with Gasteiger partial charge in [0.15, 0.2) is 0 Å². The van der Waals surface area contributed by atoms with Crippen LogP contribution < -0.4 is 5.43 Å². The molecule has 0 fully saturated rings. The van der Waals surface area contributed by atoms with E-state index in [9.17, 15) is 4.79 Å². The van der Waals surface area contributed by atoms with Gasteiger partial charge >= 0.3 is 5.97 Å². The predicted molar refractivity (Wildman–Crippen MR) is 83.8 cm³/mol. The lowest BCUT2D eigenvalue weighted by Gasteiger charge is -2.06. The van der Waals surface area contributed by atoms with E-state index in [2.05, 4.69) is 10.5 Å². The van der Waals surface area contributed by atoms with E-state index in [-0.39, 0.29) is 11.7 Å². The molecule has 0 spiro atoms. The van der Waals surface area contributed by atoms with Crippen molar-refractivity contribution in [1.82, 2.24) is 0 Å². The Morgan fingerprint density at radius 1 is 1.32 bits per heavy atom. The maximum Gasteiger partial charge on any atom is 0.341 e. The van der Waals surface area contributed by atoms with Gasteiger partial charge in [-0.15, -0.1) is 11.3 Å². The van der Waals surface area contributed by atoms with E-state index in [1.54, 1.807) is 19.1 Å². The molecule has 0 saturated heterocycles. The van der Waals surface area contributed by atoms with Crippen LogP contribution in [0.5, 0.6) is 0 Å². The van der Waals surface area contributed by atoms with Crippen molar-refractivity contribution in [3.05, 3.63) is 16.0 Å². The molecule has 1 aromatic heterocycles. The minimum Gasteiger partial charge on any atom is -0.462 e. The Labute approximate surface area is 133 Å². The van der Waals surface area contributed by atoms with Gasteiger partial charge in [0.25, 0.3) is 0 Å². The normalized spacial score (nSPS) is 13.0.